The van der Waals surface area contributed by atoms with Crippen molar-refractivity contribution in [1.29, 1.82) is 0 Å². The van der Waals surface area contributed by atoms with Crippen LogP contribution in [0.2, 0.25) is 0 Å². The second kappa shape index (κ2) is 7.42. The first kappa shape index (κ1) is 13.2. The molecule has 1 aromatic rings. The van der Waals surface area contributed by atoms with E-state index in [2.05, 4.69) is 6.92 Å². The molecule has 2 atom stereocenters. The van der Waals surface area contributed by atoms with Crippen LogP contribution in [0.5, 0.6) is 0 Å². The Morgan fingerprint density at radius 2 is 1.69 bits per heavy atom. The average Bonchev–Trinajstić information content (AvgIpc) is 2.30. The van der Waals surface area contributed by atoms with Gasteiger partial charge in [-0.2, -0.15) is 0 Å². The third-order valence-electron chi connectivity index (χ3n) is 2.84. The van der Waals surface area contributed by atoms with Crippen molar-refractivity contribution in [2.75, 3.05) is 0 Å². The Balaban J connectivity index is 2.31. The third kappa shape index (κ3) is 4.77. The van der Waals surface area contributed by atoms with Gasteiger partial charge in [0.2, 0.25) is 0 Å². The topological polar surface area (TPSA) is 40.5 Å². The zero-order valence-corrected chi connectivity index (χ0v) is 9.97. The van der Waals surface area contributed by atoms with Gasteiger partial charge in [-0.25, -0.2) is 0 Å². The number of aliphatic hydroxyl groups excluding tert-OH is 2. The molecule has 0 fully saturated rings. The first-order chi connectivity index (χ1) is 7.74. The molecule has 2 unspecified atom stereocenters. The van der Waals surface area contributed by atoms with Crippen molar-refractivity contribution >= 4 is 0 Å². The van der Waals surface area contributed by atoms with Crippen LogP contribution in [0.25, 0.3) is 0 Å². The Morgan fingerprint density at radius 3 is 2.31 bits per heavy atom. The maximum atomic E-state index is 9.82. The Kier molecular flexibility index (Phi) is 6.12. The summed E-state index contributed by atoms with van der Waals surface area (Å²) in [6, 6.07) is 9.80. The molecule has 0 spiro atoms. The van der Waals surface area contributed by atoms with Crippen LogP contribution in [0.15, 0.2) is 30.3 Å². The van der Waals surface area contributed by atoms with E-state index in [4.69, 9.17) is 0 Å². The van der Waals surface area contributed by atoms with Gasteiger partial charge in [0.1, 0.15) is 0 Å². The van der Waals surface area contributed by atoms with Crippen molar-refractivity contribution < 1.29 is 10.2 Å². The number of unbranched alkanes of at least 4 members (excludes halogenated alkanes) is 2. The summed E-state index contributed by atoms with van der Waals surface area (Å²) < 4.78 is 0. The van der Waals surface area contributed by atoms with Crippen molar-refractivity contribution in [2.45, 2.75) is 51.2 Å². The molecule has 0 amide bonds. The maximum absolute atomic E-state index is 9.82. The van der Waals surface area contributed by atoms with Crippen molar-refractivity contribution in [1.82, 2.24) is 0 Å². The van der Waals surface area contributed by atoms with Crippen LogP contribution in [0, 0.1) is 0 Å². The summed E-state index contributed by atoms with van der Waals surface area (Å²) in [5.74, 6) is 0. The molecule has 0 bridgehead atoms. The molecule has 1 aromatic carbocycles. The van der Waals surface area contributed by atoms with Crippen LogP contribution in [0.3, 0.4) is 0 Å². The van der Waals surface area contributed by atoms with E-state index in [1.807, 2.05) is 30.3 Å². The van der Waals surface area contributed by atoms with Gasteiger partial charge in [0.15, 0.2) is 0 Å². The fourth-order valence-corrected chi connectivity index (χ4v) is 1.79. The lowest BCUT2D eigenvalue weighted by molar-refractivity contribution is 0.0138. The van der Waals surface area contributed by atoms with Gasteiger partial charge in [-0.1, -0.05) is 56.5 Å². The summed E-state index contributed by atoms with van der Waals surface area (Å²) in [5.41, 5.74) is 1.07. The normalized spacial score (nSPS) is 14.7. The summed E-state index contributed by atoms with van der Waals surface area (Å²) in [4.78, 5) is 0. The van der Waals surface area contributed by atoms with E-state index < -0.39 is 12.2 Å². The van der Waals surface area contributed by atoms with E-state index in [1.165, 1.54) is 0 Å². The highest BCUT2D eigenvalue weighted by Crippen LogP contribution is 2.11. The summed E-state index contributed by atoms with van der Waals surface area (Å²) in [5, 5.41) is 19.6. The van der Waals surface area contributed by atoms with Gasteiger partial charge >= 0.3 is 0 Å². The molecule has 1 rings (SSSR count). The predicted octanol–water partition coefficient (Wildman–Crippen LogP) is 2.53. The number of rotatable bonds is 7. The second-order valence-electron chi connectivity index (χ2n) is 4.32. The molecule has 2 N–H and O–H groups in total. The highest BCUT2D eigenvalue weighted by molar-refractivity contribution is 5.15. The molecule has 0 aliphatic carbocycles. The highest BCUT2D eigenvalue weighted by atomic mass is 16.3. The Labute approximate surface area is 97.9 Å². The lowest BCUT2D eigenvalue weighted by Crippen LogP contribution is -2.27. The highest BCUT2D eigenvalue weighted by Gasteiger charge is 2.15. The van der Waals surface area contributed by atoms with Crippen LogP contribution in [0.4, 0.5) is 0 Å². The number of hydrogen-bond donors (Lipinski definition) is 2. The summed E-state index contributed by atoms with van der Waals surface area (Å²) in [7, 11) is 0. The molecular formula is C14H22O2. The van der Waals surface area contributed by atoms with Gasteiger partial charge in [0, 0.05) is 6.42 Å². The standard InChI is InChI=1S/C14H22O2/c1-2-3-5-10-13(15)14(16)11-12-8-6-4-7-9-12/h4,6-9,13-16H,2-3,5,10-11H2,1H3. The molecule has 0 aliphatic heterocycles. The quantitative estimate of drug-likeness (QED) is 0.696. The van der Waals surface area contributed by atoms with Crippen molar-refractivity contribution in [2.24, 2.45) is 0 Å². The zero-order valence-electron chi connectivity index (χ0n) is 9.97. The van der Waals surface area contributed by atoms with Crippen molar-refractivity contribution in [3.63, 3.8) is 0 Å². The molecule has 0 saturated heterocycles. The van der Waals surface area contributed by atoms with Crippen LogP contribution in [-0.4, -0.2) is 22.4 Å². The van der Waals surface area contributed by atoms with Crippen LogP contribution in [0.1, 0.15) is 38.2 Å². The lowest BCUT2D eigenvalue weighted by atomic mass is 10.00. The maximum Gasteiger partial charge on any atom is 0.0839 e. The van der Waals surface area contributed by atoms with Crippen molar-refractivity contribution in [3.8, 4) is 0 Å². The van der Waals surface area contributed by atoms with Crippen molar-refractivity contribution in [3.05, 3.63) is 35.9 Å². The van der Waals surface area contributed by atoms with Gasteiger partial charge in [0.25, 0.3) is 0 Å². The SMILES string of the molecule is CCCCCC(O)C(O)Cc1ccccc1. The van der Waals surface area contributed by atoms with Gasteiger partial charge in [-0.3, -0.25) is 0 Å². The molecule has 2 nitrogen and oxygen atoms in total. The summed E-state index contributed by atoms with van der Waals surface area (Å²) in [6.45, 7) is 2.13. The summed E-state index contributed by atoms with van der Waals surface area (Å²) in [6.07, 6.45) is 3.25. The van der Waals surface area contributed by atoms with Crippen LogP contribution in [-0.2, 0) is 6.42 Å². The minimum atomic E-state index is -0.640. The zero-order chi connectivity index (χ0) is 11.8. The molecular weight excluding hydrogens is 200 g/mol. The Morgan fingerprint density at radius 1 is 1.00 bits per heavy atom. The predicted molar refractivity (Wildman–Crippen MR) is 66.3 cm³/mol. The average molecular weight is 222 g/mol. The van der Waals surface area contributed by atoms with E-state index in [0.29, 0.717) is 12.8 Å². The molecule has 0 aromatic heterocycles. The molecule has 2 heteroatoms. The number of hydrogen-bond acceptors (Lipinski definition) is 2. The molecule has 0 radical (unpaired) electrons. The Hall–Kier alpha value is -0.860. The fraction of sp³-hybridized carbons (Fsp3) is 0.571. The van der Waals surface area contributed by atoms with Gasteiger partial charge < -0.3 is 10.2 Å². The van der Waals surface area contributed by atoms with E-state index >= 15 is 0 Å². The van der Waals surface area contributed by atoms with E-state index in [9.17, 15) is 10.2 Å². The van der Waals surface area contributed by atoms with E-state index in [-0.39, 0.29) is 0 Å². The summed E-state index contributed by atoms with van der Waals surface area (Å²) >= 11 is 0. The van der Waals surface area contributed by atoms with E-state index in [0.717, 1.165) is 24.8 Å². The minimum Gasteiger partial charge on any atom is -0.390 e. The third-order valence-corrected chi connectivity index (χ3v) is 2.84. The second-order valence-corrected chi connectivity index (χ2v) is 4.32. The number of benzene rings is 1. The minimum absolute atomic E-state index is 0.536. The van der Waals surface area contributed by atoms with Crippen LogP contribution >= 0.6 is 0 Å². The molecule has 16 heavy (non-hydrogen) atoms. The van der Waals surface area contributed by atoms with Gasteiger partial charge in [-0.15, -0.1) is 0 Å². The van der Waals surface area contributed by atoms with Crippen LogP contribution < -0.4 is 0 Å². The molecule has 90 valence electrons. The molecule has 0 saturated carbocycles. The van der Waals surface area contributed by atoms with E-state index in [1.54, 1.807) is 0 Å². The Bertz CT molecular complexity index is 271. The molecule has 0 heterocycles. The monoisotopic (exact) mass is 222 g/mol. The smallest absolute Gasteiger partial charge is 0.0839 e. The lowest BCUT2D eigenvalue weighted by Gasteiger charge is -2.17. The first-order valence-corrected chi connectivity index (χ1v) is 6.14. The number of aliphatic hydroxyl groups is 2. The largest absolute Gasteiger partial charge is 0.390 e. The molecule has 0 aliphatic rings. The van der Waals surface area contributed by atoms with Gasteiger partial charge in [-0.05, 0) is 12.0 Å². The fourth-order valence-electron chi connectivity index (χ4n) is 1.79. The first-order valence-electron chi connectivity index (χ1n) is 6.14. The van der Waals surface area contributed by atoms with Gasteiger partial charge in [0.05, 0.1) is 12.2 Å².